The summed E-state index contributed by atoms with van der Waals surface area (Å²) in [5.41, 5.74) is 2.22. The van der Waals surface area contributed by atoms with Gasteiger partial charge in [0.2, 0.25) is 11.8 Å². The van der Waals surface area contributed by atoms with E-state index in [1.54, 1.807) is 0 Å². The molecular weight excluding hydrogens is 400 g/mol. The number of imide groups is 1. The number of rotatable bonds is 5. The lowest BCUT2D eigenvalue weighted by Crippen LogP contribution is -2.47. The molecular formula is C24H31ClN2O3. The molecule has 6 heteroatoms. The first-order chi connectivity index (χ1) is 14.5. The number of nitrogens with zero attached hydrogens (tertiary/aromatic N) is 2. The third-order valence-corrected chi connectivity index (χ3v) is 8.27. The van der Waals surface area contributed by atoms with Crippen LogP contribution in [0.15, 0.2) is 18.2 Å². The van der Waals surface area contributed by atoms with Crippen LogP contribution >= 0.6 is 11.6 Å². The van der Waals surface area contributed by atoms with Gasteiger partial charge in [0.05, 0.1) is 6.10 Å². The van der Waals surface area contributed by atoms with Gasteiger partial charge < -0.3 is 10.0 Å². The van der Waals surface area contributed by atoms with Crippen LogP contribution in [-0.4, -0.2) is 52.9 Å². The highest BCUT2D eigenvalue weighted by molar-refractivity contribution is 6.30. The Morgan fingerprint density at radius 2 is 1.70 bits per heavy atom. The predicted octanol–water partition coefficient (Wildman–Crippen LogP) is 3.89. The summed E-state index contributed by atoms with van der Waals surface area (Å²) in [4.78, 5) is 29.1. The van der Waals surface area contributed by atoms with Gasteiger partial charge in [-0.15, -0.1) is 0 Å². The Labute approximate surface area is 183 Å². The summed E-state index contributed by atoms with van der Waals surface area (Å²) >= 11 is 6.18. The van der Waals surface area contributed by atoms with E-state index in [4.69, 9.17) is 11.6 Å². The molecule has 2 saturated heterocycles. The van der Waals surface area contributed by atoms with E-state index in [0.29, 0.717) is 25.3 Å². The van der Waals surface area contributed by atoms with Crippen molar-refractivity contribution in [1.82, 2.24) is 9.80 Å². The Balaban J connectivity index is 1.10. The number of amides is 2. The summed E-state index contributed by atoms with van der Waals surface area (Å²) in [6.07, 6.45) is 6.92. The first-order valence-electron chi connectivity index (χ1n) is 11.5. The van der Waals surface area contributed by atoms with Gasteiger partial charge in [0.15, 0.2) is 0 Å². The molecule has 2 aliphatic heterocycles. The van der Waals surface area contributed by atoms with Crippen molar-refractivity contribution in [3.05, 3.63) is 34.3 Å². The van der Waals surface area contributed by atoms with E-state index in [0.717, 1.165) is 68.7 Å². The molecule has 3 unspecified atom stereocenters. The minimum atomic E-state index is -0.404. The van der Waals surface area contributed by atoms with E-state index in [1.165, 1.54) is 10.5 Å². The van der Waals surface area contributed by atoms with Crippen LogP contribution in [-0.2, 0) is 9.59 Å². The van der Waals surface area contributed by atoms with Crippen LogP contribution in [0.5, 0.6) is 0 Å². The Morgan fingerprint density at radius 3 is 2.43 bits per heavy atom. The van der Waals surface area contributed by atoms with Crippen LogP contribution in [0, 0.1) is 11.3 Å². The molecule has 1 spiro atoms. The fourth-order valence-electron chi connectivity index (χ4n) is 6.48. The lowest BCUT2D eigenvalue weighted by Gasteiger charge is -2.37. The van der Waals surface area contributed by atoms with Crippen molar-refractivity contribution in [1.29, 1.82) is 0 Å². The van der Waals surface area contributed by atoms with Crippen LogP contribution in [0.1, 0.15) is 74.5 Å². The van der Waals surface area contributed by atoms with E-state index in [-0.39, 0.29) is 23.1 Å². The molecule has 0 bridgehead atoms. The first kappa shape index (κ1) is 20.5. The lowest BCUT2D eigenvalue weighted by atomic mass is 9.76. The summed E-state index contributed by atoms with van der Waals surface area (Å²) in [6.45, 7) is 3.33. The quantitative estimate of drug-likeness (QED) is 0.568. The Hall–Kier alpha value is -1.43. The number of carbonyl (C=O) groups is 2. The molecule has 2 amide bonds. The highest BCUT2D eigenvalue weighted by Gasteiger charge is 2.46. The molecule has 162 valence electrons. The molecule has 3 atom stereocenters. The largest absolute Gasteiger partial charge is 0.388 e. The highest BCUT2D eigenvalue weighted by atomic mass is 35.5. The number of hydrogen-bond donors (Lipinski definition) is 1. The third-order valence-electron chi connectivity index (χ3n) is 8.04. The van der Waals surface area contributed by atoms with Crippen LogP contribution < -0.4 is 0 Å². The molecule has 2 aliphatic carbocycles. The van der Waals surface area contributed by atoms with Gasteiger partial charge in [0.25, 0.3) is 0 Å². The zero-order valence-corrected chi connectivity index (χ0v) is 18.2. The molecule has 5 nitrogen and oxygen atoms in total. The number of piperidine rings is 1. The Kier molecular flexibility index (Phi) is 5.41. The van der Waals surface area contributed by atoms with Gasteiger partial charge in [0, 0.05) is 49.3 Å². The van der Waals surface area contributed by atoms with Crippen LogP contribution in [0.2, 0.25) is 5.02 Å². The third kappa shape index (κ3) is 3.59. The Morgan fingerprint density at radius 1 is 1.00 bits per heavy atom. The molecule has 5 rings (SSSR count). The van der Waals surface area contributed by atoms with E-state index in [9.17, 15) is 14.7 Å². The summed E-state index contributed by atoms with van der Waals surface area (Å²) in [5, 5.41) is 11.4. The standard InChI is InChI=1S/C24H31ClN2O3/c25-16-5-6-17-18(11-16)19-14-26(15-20(19)23(17)30)9-3-4-10-27-21(28)12-24(13-22(27)29)7-1-2-8-24/h5-6,11,19-20,23,30H,1-4,7-10,12-15H2. The van der Waals surface area contributed by atoms with Crippen LogP contribution in [0.3, 0.4) is 0 Å². The van der Waals surface area contributed by atoms with E-state index in [1.807, 2.05) is 18.2 Å². The number of hydrogen-bond acceptors (Lipinski definition) is 4. The maximum atomic E-state index is 12.6. The van der Waals surface area contributed by atoms with E-state index < -0.39 is 6.10 Å². The van der Waals surface area contributed by atoms with E-state index in [2.05, 4.69) is 4.90 Å². The van der Waals surface area contributed by atoms with Crippen molar-refractivity contribution >= 4 is 23.4 Å². The molecule has 3 fully saturated rings. The second-order valence-electron chi connectivity index (χ2n) is 9.95. The number of benzene rings is 1. The Bertz CT molecular complexity index is 831. The van der Waals surface area contributed by atoms with Crippen molar-refractivity contribution in [2.45, 2.75) is 63.4 Å². The highest BCUT2D eigenvalue weighted by Crippen LogP contribution is 2.50. The zero-order chi connectivity index (χ0) is 20.9. The number of aliphatic hydroxyl groups is 1. The molecule has 4 aliphatic rings. The number of halogens is 1. The molecule has 2 heterocycles. The van der Waals surface area contributed by atoms with Crippen LogP contribution in [0.25, 0.3) is 0 Å². The van der Waals surface area contributed by atoms with Crippen molar-refractivity contribution < 1.29 is 14.7 Å². The van der Waals surface area contributed by atoms with Gasteiger partial charge >= 0.3 is 0 Å². The van der Waals surface area contributed by atoms with Crippen molar-refractivity contribution in [2.24, 2.45) is 11.3 Å². The number of likely N-dealkylation sites (tertiary alicyclic amines) is 2. The van der Waals surface area contributed by atoms with Gasteiger partial charge in [-0.25, -0.2) is 0 Å². The molecule has 1 saturated carbocycles. The summed E-state index contributed by atoms with van der Waals surface area (Å²) < 4.78 is 0. The molecule has 1 aromatic carbocycles. The number of unbranched alkanes of at least 4 members (excludes halogenated alkanes) is 1. The molecule has 0 radical (unpaired) electrons. The van der Waals surface area contributed by atoms with Gasteiger partial charge in [0.1, 0.15) is 0 Å². The number of carbonyl (C=O) groups excluding carboxylic acids is 2. The molecule has 1 aromatic rings. The van der Waals surface area contributed by atoms with Crippen molar-refractivity contribution in [2.75, 3.05) is 26.2 Å². The number of aliphatic hydroxyl groups excluding tert-OH is 1. The summed E-state index contributed by atoms with van der Waals surface area (Å²) in [6, 6.07) is 5.84. The minimum Gasteiger partial charge on any atom is -0.388 e. The molecule has 0 aromatic heterocycles. The minimum absolute atomic E-state index is 0.0158. The van der Waals surface area contributed by atoms with Gasteiger partial charge in [-0.3, -0.25) is 14.5 Å². The fourth-order valence-corrected chi connectivity index (χ4v) is 6.66. The topological polar surface area (TPSA) is 60.9 Å². The SMILES string of the molecule is O=C1CC2(CCCC2)CC(=O)N1CCCCN1CC2c3cc(Cl)ccc3C(O)C2C1. The fraction of sp³-hybridized carbons (Fsp3) is 0.667. The first-order valence-corrected chi connectivity index (χ1v) is 11.9. The second kappa shape index (κ2) is 7.92. The summed E-state index contributed by atoms with van der Waals surface area (Å²) in [5.74, 6) is 0.675. The normalized spacial score (nSPS) is 30.3. The van der Waals surface area contributed by atoms with Gasteiger partial charge in [-0.1, -0.05) is 30.5 Å². The molecule has 30 heavy (non-hydrogen) atoms. The summed E-state index contributed by atoms with van der Waals surface area (Å²) in [7, 11) is 0. The second-order valence-corrected chi connectivity index (χ2v) is 10.4. The van der Waals surface area contributed by atoms with Gasteiger partial charge in [-0.2, -0.15) is 0 Å². The number of fused-ring (bicyclic) bond motifs is 3. The van der Waals surface area contributed by atoms with E-state index >= 15 is 0 Å². The zero-order valence-electron chi connectivity index (χ0n) is 17.5. The smallest absolute Gasteiger partial charge is 0.229 e. The average Bonchev–Trinajstić information content (AvgIpc) is 3.38. The van der Waals surface area contributed by atoms with Gasteiger partial charge in [-0.05, 0) is 60.9 Å². The maximum Gasteiger partial charge on any atom is 0.229 e. The average molecular weight is 431 g/mol. The lowest BCUT2D eigenvalue weighted by molar-refractivity contribution is -0.153. The monoisotopic (exact) mass is 430 g/mol. The van der Waals surface area contributed by atoms with Crippen LogP contribution in [0.4, 0.5) is 0 Å². The predicted molar refractivity (Wildman–Crippen MR) is 115 cm³/mol. The molecule has 1 N–H and O–H groups in total. The van der Waals surface area contributed by atoms with Crippen molar-refractivity contribution in [3.63, 3.8) is 0 Å². The maximum absolute atomic E-state index is 12.6. The van der Waals surface area contributed by atoms with Crippen molar-refractivity contribution in [3.8, 4) is 0 Å².